The predicted molar refractivity (Wildman–Crippen MR) is 99.3 cm³/mol. The zero-order valence-corrected chi connectivity index (χ0v) is 15.5. The van der Waals surface area contributed by atoms with E-state index < -0.39 is 12.0 Å². The third-order valence-electron chi connectivity index (χ3n) is 4.00. The molecular weight excluding hydrogens is 322 g/mol. The number of nitrogens with zero attached hydrogens (tertiary/aromatic N) is 1. The van der Waals surface area contributed by atoms with Gasteiger partial charge < -0.3 is 25.4 Å². The van der Waals surface area contributed by atoms with Crippen LogP contribution in [0.4, 0.5) is 11.4 Å². The van der Waals surface area contributed by atoms with Crippen LogP contribution in [0.15, 0.2) is 18.2 Å². The lowest BCUT2D eigenvalue weighted by atomic mass is 10.1. The number of carbonyl (C=O) groups excluding carboxylic acids is 1. The molecule has 0 aliphatic rings. The van der Waals surface area contributed by atoms with E-state index >= 15 is 0 Å². The van der Waals surface area contributed by atoms with Crippen molar-refractivity contribution < 1.29 is 19.4 Å². The molecule has 1 atom stereocenters. The zero-order valence-electron chi connectivity index (χ0n) is 15.5. The van der Waals surface area contributed by atoms with Gasteiger partial charge in [-0.2, -0.15) is 0 Å². The number of carbonyl (C=O) groups is 2. The number of rotatable bonds is 11. The number of ether oxygens (including phenoxy) is 1. The summed E-state index contributed by atoms with van der Waals surface area (Å²) in [5.41, 5.74) is 2.74. The van der Waals surface area contributed by atoms with Gasteiger partial charge >= 0.3 is 5.97 Å². The van der Waals surface area contributed by atoms with Crippen LogP contribution in [-0.4, -0.2) is 56.4 Å². The molecule has 1 aromatic carbocycles. The summed E-state index contributed by atoms with van der Waals surface area (Å²) >= 11 is 0. The van der Waals surface area contributed by atoms with Crippen molar-refractivity contribution in [1.29, 1.82) is 0 Å². The first-order valence-corrected chi connectivity index (χ1v) is 8.53. The van der Waals surface area contributed by atoms with Crippen LogP contribution in [0.1, 0.15) is 25.8 Å². The van der Waals surface area contributed by atoms with Gasteiger partial charge in [-0.15, -0.1) is 0 Å². The Hall–Kier alpha value is -2.12. The largest absolute Gasteiger partial charge is 0.480 e. The van der Waals surface area contributed by atoms with Crippen LogP contribution < -0.4 is 15.5 Å². The minimum absolute atomic E-state index is 0.143. The number of benzene rings is 1. The van der Waals surface area contributed by atoms with Crippen molar-refractivity contribution in [3.05, 3.63) is 23.8 Å². The molecule has 140 valence electrons. The summed E-state index contributed by atoms with van der Waals surface area (Å²) in [5, 5.41) is 14.8. The highest BCUT2D eigenvalue weighted by molar-refractivity contribution is 5.94. The molecule has 1 amide bonds. The van der Waals surface area contributed by atoms with Crippen LogP contribution in [0.25, 0.3) is 0 Å². The van der Waals surface area contributed by atoms with E-state index in [1.165, 1.54) is 7.11 Å². The summed E-state index contributed by atoms with van der Waals surface area (Å²) in [6, 6.07) is 4.90. The molecule has 7 nitrogen and oxygen atoms in total. The smallest absolute Gasteiger partial charge is 0.321 e. The average Bonchev–Trinajstić information content (AvgIpc) is 2.57. The van der Waals surface area contributed by atoms with Gasteiger partial charge in [0.2, 0.25) is 5.91 Å². The van der Waals surface area contributed by atoms with Crippen molar-refractivity contribution >= 4 is 23.3 Å². The molecule has 1 aromatic rings. The summed E-state index contributed by atoms with van der Waals surface area (Å²) in [7, 11) is 1.54. The van der Waals surface area contributed by atoms with Crippen LogP contribution in [0.2, 0.25) is 0 Å². The molecule has 0 aromatic heterocycles. The second-order valence-electron chi connectivity index (χ2n) is 5.76. The predicted octanol–water partition coefficient (Wildman–Crippen LogP) is 1.86. The molecule has 0 heterocycles. The number of hydrogen-bond donors (Lipinski definition) is 3. The van der Waals surface area contributed by atoms with Crippen molar-refractivity contribution in [2.45, 2.75) is 33.2 Å². The van der Waals surface area contributed by atoms with Crippen LogP contribution in [0, 0.1) is 6.92 Å². The maximum Gasteiger partial charge on any atom is 0.321 e. The lowest BCUT2D eigenvalue weighted by molar-refractivity contribution is -0.141. The Balaban J connectivity index is 2.70. The molecule has 0 saturated heterocycles. The molecule has 1 rings (SSSR count). The van der Waals surface area contributed by atoms with E-state index in [4.69, 9.17) is 4.74 Å². The Labute approximate surface area is 149 Å². The van der Waals surface area contributed by atoms with Gasteiger partial charge in [-0.1, -0.05) is 0 Å². The molecule has 0 bridgehead atoms. The number of aryl methyl sites for hydroxylation is 1. The summed E-state index contributed by atoms with van der Waals surface area (Å²) in [6.07, 6.45) is -0.143. The number of nitrogens with one attached hydrogen (secondary N) is 2. The summed E-state index contributed by atoms with van der Waals surface area (Å²) < 4.78 is 4.88. The van der Waals surface area contributed by atoms with Crippen molar-refractivity contribution in [3.8, 4) is 0 Å². The normalized spacial score (nSPS) is 11.8. The van der Waals surface area contributed by atoms with E-state index in [9.17, 15) is 14.7 Å². The van der Waals surface area contributed by atoms with Gasteiger partial charge in [0.25, 0.3) is 0 Å². The second-order valence-corrected chi connectivity index (χ2v) is 5.76. The number of amides is 1. The lowest BCUT2D eigenvalue weighted by Gasteiger charge is -2.22. The van der Waals surface area contributed by atoms with Gasteiger partial charge in [0.05, 0.1) is 13.0 Å². The molecule has 0 radical (unpaired) electrons. The van der Waals surface area contributed by atoms with Crippen molar-refractivity contribution in [3.63, 3.8) is 0 Å². The molecule has 7 heteroatoms. The molecule has 3 N–H and O–H groups in total. The molecule has 1 unspecified atom stereocenters. The molecule has 0 aliphatic carbocycles. The van der Waals surface area contributed by atoms with Crippen LogP contribution in [0.5, 0.6) is 0 Å². The third kappa shape index (κ3) is 6.72. The Morgan fingerprint density at radius 1 is 1.28 bits per heavy atom. The highest BCUT2D eigenvalue weighted by Gasteiger charge is 2.21. The van der Waals surface area contributed by atoms with Gasteiger partial charge in [0.15, 0.2) is 0 Å². The SMILES string of the molecule is CCN(CC)c1ccc(NC(=O)CC(NCCOC)C(=O)O)c(C)c1. The van der Waals surface area contributed by atoms with Gasteiger partial charge in [-0.3, -0.25) is 9.59 Å². The number of methoxy groups -OCH3 is 1. The molecule has 0 spiro atoms. The van der Waals surface area contributed by atoms with Gasteiger partial charge in [-0.05, 0) is 44.5 Å². The Morgan fingerprint density at radius 3 is 2.48 bits per heavy atom. The Morgan fingerprint density at radius 2 is 1.96 bits per heavy atom. The number of anilines is 2. The van der Waals surface area contributed by atoms with Crippen LogP contribution in [-0.2, 0) is 14.3 Å². The topological polar surface area (TPSA) is 90.9 Å². The van der Waals surface area contributed by atoms with Crippen molar-refractivity contribution in [2.75, 3.05) is 43.6 Å². The molecule has 25 heavy (non-hydrogen) atoms. The van der Waals surface area contributed by atoms with Gasteiger partial charge in [-0.25, -0.2) is 0 Å². The maximum atomic E-state index is 12.2. The lowest BCUT2D eigenvalue weighted by Crippen LogP contribution is -2.41. The number of hydrogen-bond acceptors (Lipinski definition) is 5. The third-order valence-corrected chi connectivity index (χ3v) is 4.00. The first-order valence-electron chi connectivity index (χ1n) is 8.53. The minimum Gasteiger partial charge on any atom is -0.480 e. The first kappa shape index (κ1) is 20.9. The van der Waals surface area contributed by atoms with E-state index in [0.29, 0.717) is 18.8 Å². The fraction of sp³-hybridized carbons (Fsp3) is 0.556. The summed E-state index contributed by atoms with van der Waals surface area (Å²) in [6.45, 7) is 8.70. The number of carboxylic acids is 1. The van der Waals surface area contributed by atoms with Crippen LogP contribution >= 0.6 is 0 Å². The van der Waals surface area contributed by atoms with E-state index in [0.717, 1.165) is 24.3 Å². The molecule has 0 saturated carbocycles. The second kappa shape index (κ2) is 10.7. The fourth-order valence-electron chi connectivity index (χ4n) is 2.54. The highest BCUT2D eigenvalue weighted by Crippen LogP contribution is 2.22. The molecular formula is C18H29N3O4. The van der Waals surface area contributed by atoms with Crippen LogP contribution in [0.3, 0.4) is 0 Å². The number of carboxylic acid groups (broad SMARTS) is 1. The summed E-state index contributed by atoms with van der Waals surface area (Å²) in [4.78, 5) is 25.7. The average molecular weight is 351 g/mol. The first-order chi connectivity index (χ1) is 11.9. The standard InChI is InChI=1S/C18H29N3O4/c1-5-21(6-2)14-7-8-15(13(3)11-14)20-17(22)12-16(18(23)24)19-9-10-25-4/h7-8,11,16,19H,5-6,9-10,12H2,1-4H3,(H,20,22)(H,23,24). The number of aliphatic carboxylic acids is 1. The van der Waals surface area contributed by atoms with E-state index in [1.807, 2.05) is 25.1 Å². The van der Waals surface area contributed by atoms with Crippen molar-refractivity contribution in [2.24, 2.45) is 0 Å². The molecule has 0 aliphatic heterocycles. The molecule has 0 fully saturated rings. The Bertz CT molecular complexity index is 573. The quantitative estimate of drug-likeness (QED) is 0.527. The highest BCUT2D eigenvalue weighted by atomic mass is 16.5. The maximum absolute atomic E-state index is 12.2. The zero-order chi connectivity index (χ0) is 18.8. The van der Waals surface area contributed by atoms with E-state index in [2.05, 4.69) is 29.4 Å². The fourth-order valence-corrected chi connectivity index (χ4v) is 2.54. The van der Waals surface area contributed by atoms with E-state index in [-0.39, 0.29) is 12.3 Å². The Kier molecular flexibility index (Phi) is 8.94. The van der Waals surface area contributed by atoms with Gasteiger partial charge in [0.1, 0.15) is 6.04 Å². The minimum atomic E-state index is -1.06. The summed E-state index contributed by atoms with van der Waals surface area (Å²) in [5.74, 6) is -1.39. The monoisotopic (exact) mass is 351 g/mol. The van der Waals surface area contributed by atoms with Crippen molar-refractivity contribution in [1.82, 2.24) is 5.32 Å². The van der Waals surface area contributed by atoms with Gasteiger partial charge in [0, 0.05) is 38.1 Å². The van der Waals surface area contributed by atoms with E-state index in [1.54, 1.807) is 0 Å².